The van der Waals surface area contributed by atoms with Crippen LogP contribution in [-0.4, -0.2) is 54.2 Å². The van der Waals surface area contributed by atoms with Gasteiger partial charge in [0.05, 0.1) is 0 Å². The molecule has 122 valence electrons. The predicted molar refractivity (Wildman–Crippen MR) is 86.2 cm³/mol. The lowest BCUT2D eigenvalue weighted by molar-refractivity contribution is 0.175. The van der Waals surface area contributed by atoms with Crippen LogP contribution in [0.4, 0.5) is 4.39 Å². The summed E-state index contributed by atoms with van der Waals surface area (Å²) >= 11 is 0. The van der Waals surface area contributed by atoms with Crippen LogP contribution in [0.1, 0.15) is 24.0 Å². The molecule has 1 aromatic carbocycles. The molecule has 0 aliphatic carbocycles. The molecule has 0 amide bonds. The van der Waals surface area contributed by atoms with Gasteiger partial charge in [-0.15, -0.1) is 0 Å². The average Bonchev–Trinajstić information content (AvgIpc) is 3.14. The molecule has 22 heavy (non-hydrogen) atoms. The molecule has 1 N–H and O–H groups in total. The lowest BCUT2D eigenvalue weighted by Gasteiger charge is -2.23. The van der Waals surface area contributed by atoms with E-state index in [2.05, 4.69) is 9.80 Å². The molecular formula is C18H27FN2O. The number of likely N-dealkylation sites (tertiary alicyclic amines) is 2. The molecule has 2 fully saturated rings. The highest BCUT2D eigenvalue weighted by Gasteiger charge is 2.33. The van der Waals surface area contributed by atoms with Gasteiger partial charge in [0, 0.05) is 32.8 Å². The number of hydrogen-bond acceptors (Lipinski definition) is 3. The Morgan fingerprint density at radius 2 is 1.86 bits per heavy atom. The van der Waals surface area contributed by atoms with Gasteiger partial charge in [-0.2, -0.15) is 0 Å². The molecule has 2 atom stereocenters. The van der Waals surface area contributed by atoms with Gasteiger partial charge in [-0.1, -0.05) is 12.1 Å². The van der Waals surface area contributed by atoms with Crippen LogP contribution in [0.5, 0.6) is 0 Å². The van der Waals surface area contributed by atoms with Crippen molar-refractivity contribution in [3.05, 3.63) is 35.1 Å². The minimum absolute atomic E-state index is 0.121. The number of nitrogens with zero attached hydrogens (tertiary/aromatic N) is 2. The highest BCUT2D eigenvalue weighted by Crippen LogP contribution is 2.27. The fourth-order valence-corrected chi connectivity index (χ4v) is 3.94. The van der Waals surface area contributed by atoms with Gasteiger partial charge in [0.15, 0.2) is 0 Å². The third-order valence-electron chi connectivity index (χ3n) is 5.35. The van der Waals surface area contributed by atoms with Crippen LogP contribution >= 0.6 is 0 Å². The van der Waals surface area contributed by atoms with E-state index in [0.717, 1.165) is 37.3 Å². The molecule has 2 saturated heterocycles. The Bertz CT molecular complexity index is 502. The monoisotopic (exact) mass is 306 g/mol. The van der Waals surface area contributed by atoms with Crippen molar-refractivity contribution in [2.24, 2.45) is 11.8 Å². The van der Waals surface area contributed by atoms with E-state index >= 15 is 0 Å². The number of benzene rings is 1. The first-order chi connectivity index (χ1) is 10.7. The summed E-state index contributed by atoms with van der Waals surface area (Å²) in [7, 11) is 0. The highest BCUT2D eigenvalue weighted by molar-refractivity contribution is 5.27. The number of aliphatic hydroxyl groups excluding tert-OH is 1. The normalized spacial score (nSPS) is 26.9. The van der Waals surface area contributed by atoms with Gasteiger partial charge in [-0.3, -0.25) is 4.90 Å². The van der Waals surface area contributed by atoms with Crippen molar-refractivity contribution in [2.75, 3.05) is 39.3 Å². The minimum Gasteiger partial charge on any atom is -0.396 e. The third-order valence-corrected chi connectivity index (χ3v) is 5.35. The molecule has 0 radical (unpaired) electrons. The number of halogens is 1. The summed E-state index contributed by atoms with van der Waals surface area (Å²) in [4.78, 5) is 4.91. The predicted octanol–water partition coefficient (Wildman–Crippen LogP) is 2.27. The van der Waals surface area contributed by atoms with Crippen LogP contribution in [0.25, 0.3) is 0 Å². The molecule has 1 aromatic rings. The Morgan fingerprint density at radius 3 is 2.59 bits per heavy atom. The quantitative estimate of drug-likeness (QED) is 0.904. The van der Waals surface area contributed by atoms with Crippen LogP contribution in [0.3, 0.4) is 0 Å². The van der Waals surface area contributed by atoms with Crippen LogP contribution in [0.2, 0.25) is 0 Å². The molecule has 2 heterocycles. The first-order valence-electron chi connectivity index (χ1n) is 8.47. The van der Waals surface area contributed by atoms with Crippen molar-refractivity contribution >= 4 is 0 Å². The van der Waals surface area contributed by atoms with Crippen molar-refractivity contribution in [3.63, 3.8) is 0 Å². The summed E-state index contributed by atoms with van der Waals surface area (Å²) in [5.74, 6) is 0.774. The fourth-order valence-electron chi connectivity index (χ4n) is 3.94. The maximum Gasteiger partial charge on any atom is 0.126 e. The van der Waals surface area contributed by atoms with Gasteiger partial charge >= 0.3 is 0 Å². The second-order valence-corrected chi connectivity index (χ2v) is 6.93. The molecule has 0 saturated carbocycles. The molecule has 3 rings (SSSR count). The van der Waals surface area contributed by atoms with Crippen molar-refractivity contribution in [2.45, 2.75) is 26.3 Å². The van der Waals surface area contributed by atoms with Crippen LogP contribution in [0.15, 0.2) is 18.2 Å². The number of hydrogen-bond donors (Lipinski definition) is 1. The zero-order valence-electron chi connectivity index (χ0n) is 13.5. The molecular weight excluding hydrogens is 279 g/mol. The first kappa shape index (κ1) is 15.9. The van der Waals surface area contributed by atoms with E-state index in [1.54, 1.807) is 6.07 Å². The largest absolute Gasteiger partial charge is 0.396 e. The van der Waals surface area contributed by atoms with E-state index in [-0.39, 0.29) is 12.4 Å². The third kappa shape index (κ3) is 3.50. The van der Waals surface area contributed by atoms with E-state index in [4.69, 9.17) is 0 Å². The van der Waals surface area contributed by atoms with Crippen LogP contribution < -0.4 is 0 Å². The highest BCUT2D eigenvalue weighted by atomic mass is 19.1. The zero-order valence-corrected chi connectivity index (χ0v) is 13.5. The summed E-state index contributed by atoms with van der Waals surface area (Å²) in [6.07, 6.45) is 2.62. The van der Waals surface area contributed by atoms with E-state index in [9.17, 15) is 9.50 Å². The number of aliphatic hydroxyl groups is 1. The minimum atomic E-state index is -0.121. The second-order valence-electron chi connectivity index (χ2n) is 6.93. The lowest BCUT2D eigenvalue weighted by Crippen LogP contribution is -2.31. The fraction of sp³-hybridized carbons (Fsp3) is 0.667. The topological polar surface area (TPSA) is 26.7 Å². The van der Waals surface area contributed by atoms with Crippen molar-refractivity contribution < 1.29 is 9.50 Å². The van der Waals surface area contributed by atoms with Gasteiger partial charge in [0.1, 0.15) is 5.82 Å². The standard InChI is InChI=1S/C18H27FN2O/c1-14-15(5-4-6-18(14)19)9-21-11-16(17(12-21)13-22)10-20-7-2-3-8-20/h4-6,16-17,22H,2-3,7-13H2,1H3/t16-,17-/m1/s1. The molecule has 0 spiro atoms. The zero-order chi connectivity index (χ0) is 15.5. The lowest BCUT2D eigenvalue weighted by atomic mass is 9.96. The molecule has 0 aromatic heterocycles. The molecule has 3 nitrogen and oxygen atoms in total. The van der Waals surface area contributed by atoms with Crippen LogP contribution in [0, 0.1) is 24.6 Å². The Balaban J connectivity index is 1.62. The first-order valence-corrected chi connectivity index (χ1v) is 8.47. The maximum atomic E-state index is 13.7. The van der Waals surface area contributed by atoms with Gasteiger partial charge < -0.3 is 10.0 Å². The summed E-state index contributed by atoms with van der Waals surface area (Å²) in [5.41, 5.74) is 1.82. The Morgan fingerprint density at radius 1 is 1.14 bits per heavy atom. The summed E-state index contributed by atoms with van der Waals surface area (Å²) in [5, 5.41) is 9.69. The Labute approximate surface area is 132 Å². The molecule has 2 aliphatic heterocycles. The summed E-state index contributed by atoms with van der Waals surface area (Å²) in [6, 6.07) is 5.33. The SMILES string of the molecule is Cc1c(F)cccc1CN1C[C@@H](CN2CCCC2)[C@@H](CO)C1. The smallest absolute Gasteiger partial charge is 0.126 e. The van der Waals surface area contributed by atoms with Crippen molar-refractivity contribution in [1.82, 2.24) is 9.80 Å². The van der Waals surface area contributed by atoms with Gasteiger partial charge in [-0.25, -0.2) is 4.39 Å². The van der Waals surface area contributed by atoms with Crippen molar-refractivity contribution in [3.8, 4) is 0 Å². The maximum absolute atomic E-state index is 13.7. The molecule has 2 aliphatic rings. The number of rotatable bonds is 5. The molecule has 0 bridgehead atoms. The van der Waals surface area contributed by atoms with E-state index < -0.39 is 0 Å². The van der Waals surface area contributed by atoms with Gasteiger partial charge in [-0.05, 0) is 61.9 Å². The van der Waals surface area contributed by atoms with E-state index in [1.807, 2.05) is 13.0 Å². The second kappa shape index (κ2) is 7.07. The average molecular weight is 306 g/mol. The summed E-state index contributed by atoms with van der Waals surface area (Å²) in [6.45, 7) is 8.35. The molecule has 0 unspecified atom stereocenters. The van der Waals surface area contributed by atoms with Gasteiger partial charge in [0.2, 0.25) is 0 Å². The molecule has 4 heteroatoms. The van der Waals surface area contributed by atoms with Gasteiger partial charge in [0.25, 0.3) is 0 Å². The van der Waals surface area contributed by atoms with E-state index in [1.165, 1.54) is 32.0 Å². The van der Waals surface area contributed by atoms with E-state index in [0.29, 0.717) is 11.8 Å². The summed E-state index contributed by atoms with van der Waals surface area (Å²) < 4.78 is 13.7. The Hall–Kier alpha value is -0.970. The Kier molecular flexibility index (Phi) is 5.11. The van der Waals surface area contributed by atoms with Crippen molar-refractivity contribution in [1.29, 1.82) is 0 Å². The van der Waals surface area contributed by atoms with Crippen LogP contribution in [-0.2, 0) is 6.54 Å².